The molecule has 1 N–H and O–H groups in total. The molecular weight excluding hydrogens is 352 g/mol. The highest BCUT2D eigenvalue weighted by Gasteiger charge is 2.16. The fraction of sp³-hybridized carbons (Fsp3) is 0.100. The molecule has 26 heavy (non-hydrogen) atoms. The average molecular weight is 369 g/mol. The number of aromatic nitrogens is 1. The summed E-state index contributed by atoms with van der Waals surface area (Å²) in [5.74, 6) is 1.24. The van der Waals surface area contributed by atoms with Crippen LogP contribution in [0.15, 0.2) is 73.1 Å². The molecule has 0 unspecified atom stereocenters. The van der Waals surface area contributed by atoms with Crippen LogP contribution in [0.1, 0.15) is 0 Å². The van der Waals surface area contributed by atoms with Gasteiger partial charge in [-0.25, -0.2) is 0 Å². The molecule has 0 bridgehead atoms. The van der Waals surface area contributed by atoms with Crippen LogP contribution in [0.5, 0.6) is 11.5 Å². The van der Waals surface area contributed by atoms with E-state index in [2.05, 4.69) is 5.32 Å². The summed E-state index contributed by atoms with van der Waals surface area (Å²) < 4.78 is 12.5. The SMILES string of the molecule is O=C(C[n+]1cccc(-c2ccccc2)c1)Nc1ccc2c(c1)OCO2.[Cl-]. The Morgan fingerprint density at radius 3 is 2.58 bits per heavy atom. The number of ether oxygens (including phenoxy) is 2. The van der Waals surface area contributed by atoms with Crippen LogP contribution in [0.25, 0.3) is 11.1 Å². The molecule has 1 aliphatic rings. The molecule has 1 aromatic heterocycles. The lowest BCUT2D eigenvalue weighted by Crippen LogP contribution is -3.00. The minimum atomic E-state index is -0.103. The van der Waals surface area contributed by atoms with Gasteiger partial charge in [-0.15, -0.1) is 0 Å². The van der Waals surface area contributed by atoms with Gasteiger partial charge in [0.15, 0.2) is 23.9 Å². The monoisotopic (exact) mass is 368 g/mol. The van der Waals surface area contributed by atoms with Crippen molar-refractivity contribution in [3.05, 3.63) is 73.1 Å². The highest BCUT2D eigenvalue weighted by atomic mass is 35.5. The van der Waals surface area contributed by atoms with Gasteiger partial charge in [-0.2, -0.15) is 4.57 Å². The van der Waals surface area contributed by atoms with Crippen molar-refractivity contribution in [2.24, 2.45) is 0 Å². The van der Waals surface area contributed by atoms with Crippen LogP contribution in [0.4, 0.5) is 5.69 Å². The van der Waals surface area contributed by atoms with Crippen molar-refractivity contribution >= 4 is 11.6 Å². The molecule has 2 aromatic carbocycles. The molecule has 6 heteroatoms. The summed E-state index contributed by atoms with van der Waals surface area (Å²) in [5, 5.41) is 2.88. The van der Waals surface area contributed by atoms with Crippen LogP contribution < -0.4 is 31.8 Å². The number of hydrogen-bond donors (Lipinski definition) is 1. The van der Waals surface area contributed by atoms with Crippen molar-refractivity contribution in [1.29, 1.82) is 0 Å². The Morgan fingerprint density at radius 1 is 0.962 bits per heavy atom. The maximum atomic E-state index is 12.3. The third-order valence-electron chi connectivity index (χ3n) is 3.95. The molecule has 4 rings (SSSR count). The predicted molar refractivity (Wildman–Crippen MR) is 93.3 cm³/mol. The molecule has 0 atom stereocenters. The molecular formula is C20H17ClN2O3. The largest absolute Gasteiger partial charge is 1.00 e. The van der Waals surface area contributed by atoms with Gasteiger partial charge < -0.3 is 27.2 Å². The number of amides is 1. The lowest BCUT2D eigenvalue weighted by atomic mass is 10.1. The summed E-state index contributed by atoms with van der Waals surface area (Å²) in [6.07, 6.45) is 3.85. The van der Waals surface area contributed by atoms with Crippen LogP contribution in [-0.4, -0.2) is 12.7 Å². The lowest BCUT2D eigenvalue weighted by molar-refractivity contribution is -0.683. The number of rotatable bonds is 4. The molecule has 0 spiro atoms. The minimum absolute atomic E-state index is 0. The summed E-state index contributed by atoms with van der Waals surface area (Å²) in [6, 6.07) is 19.4. The first-order chi connectivity index (χ1) is 12.3. The van der Waals surface area contributed by atoms with E-state index in [0.717, 1.165) is 11.1 Å². The van der Waals surface area contributed by atoms with Gasteiger partial charge in [-0.05, 0) is 23.8 Å². The highest BCUT2D eigenvalue weighted by Crippen LogP contribution is 2.34. The Kier molecular flexibility index (Phi) is 5.39. The minimum Gasteiger partial charge on any atom is -1.00 e. The number of nitrogens with one attached hydrogen (secondary N) is 1. The van der Waals surface area contributed by atoms with E-state index in [9.17, 15) is 4.79 Å². The Labute approximate surface area is 157 Å². The number of halogens is 1. The number of benzene rings is 2. The van der Waals surface area contributed by atoms with Crippen molar-refractivity contribution in [2.75, 3.05) is 12.1 Å². The standard InChI is InChI=1S/C20H16N2O3.ClH/c23-20(21-17-8-9-18-19(11-17)25-14-24-18)13-22-10-4-7-16(12-22)15-5-2-1-3-6-15;/h1-12H,13-14H2;1H. The van der Waals surface area contributed by atoms with Gasteiger partial charge in [0.2, 0.25) is 13.3 Å². The van der Waals surface area contributed by atoms with Gasteiger partial charge in [0.05, 0.1) is 0 Å². The van der Waals surface area contributed by atoms with E-state index < -0.39 is 0 Å². The molecule has 132 valence electrons. The third kappa shape index (κ3) is 3.95. The zero-order chi connectivity index (χ0) is 17.1. The smallest absolute Gasteiger partial charge is 0.290 e. The molecule has 0 fully saturated rings. The summed E-state index contributed by atoms with van der Waals surface area (Å²) in [6.45, 7) is 0.448. The van der Waals surface area contributed by atoms with E-state index in [0.29, 0.717) is 17.2 Å². The van der Waals surface area contributed by atoms with Gasteiger partial charge in [-0.1, -0.05) is 30.3 Å². The van der Waals surface area contributed by atoms with Gasteiger partial charge in [-0.3, -0.25) is 4.79 Å². The van der Waals surface area contributed by atoms with E-state index in [-0.39, 0.29) is 31.7 Å². The normalized spacial score (nSPS) is 11.5. The molecule has 0 saturated carbocycles. The molecule has 2 heterocycles. The fourth-order valence-electron chi connectivity index (χ4n) is 2.76. The Morgan fingerprint density at radius 2 is 1.73 bits per heavy atom. The second kappa shape index (κ2) is 7.89. The van der Waals surface area contributed by atoms with E-state index in [1.807, 2.05) is 59.4 Å². The summed E-state index contributed by atoms with van der Waals surface area (Å²) in [5.41, 5.74) is 2.88. The first kappa shape index (κ1) is 17.8. The number of fused-ring (bicyclic) bond motifs is 1. The highest BCUT2D eigenvalue weighted by molar-refractivity contribution is 5.90. The van der Waals surface area contributed by atoms with Gasteiger partial charge in [0, 0.05) is 23.4 Å². The first-order valence-corrected chi connectivity index (χ1v) is 8.02. The van der Waals surface area contributed by atoms with Crippen molar-refractivity contribution in [3.63, 3.8) is 0 Å². The van der Waals surface area contributed by atoms with E-state index in [1.165, 1.54) is 0 Å². The number of anilines is 1. The zero-order valence-electron chi connectivity index (χ0n) is 13.9. The van der Waals surface area contributed by atoms with E-state index >= 15 is 0 Å². The molecule has 0 radical (unpaired) electrons. The summed E-state index contributed by atoms with van der Waals surface area (Å²) in [7, 11) is 0. The molecule has 0 saturated heterocycles. The Balaban J connectivity index is 0.00000196. The molecule has 5 nitrogen and oxygen atoms in total. The second-order valence-electron chi connectivity index (χ2n) is 5.75. The third-order valence-corrected chi connectivity index (χ3v) is 3.95. The molecule has 0 aliphatic carbocycles. The van der Waals surface area contributed by atoms with Crippen molar-refractivity contribution in [2.45, 2.75) is 6.54 Å². The van der Waals surface area contributed by atoms with Crippen LogP contribution in [0.3, 0.4) is 0 Å². The maximum absolute atomic E-state index is 12.3. The Bertz CT molecular complexity index is 916. The fourth-order valence-corrected chi connectivity index (χ4v) is 2.76. The summed E-state index contributed by atoms with van der Waals surface area (Å²) in [4.78, 5) is 12.3. The van der Waals surface area contributed by atoms with Crippen LogP contribution in [-0.2, 0) is 11.3 Å². The number of pyridine rings is 1. The second-order valence-corrected chi connectivity index (χ2v) is 5.75. The molecule has 1 amide bonds. The zero-order valence-corrected chi connectivity index (χ0v) is 14.6. The lowest BCUT2D eigenvalue weighted by Gasteiger charge is -2.05. The molecule has 1 aliphatic heterocycles. The van der Waals surface area contributed by atoms with Gasteiger partial charge in [0.1, 0.15) is 0 Å². The van der Waals surface area contributed by atoms with Gasteiger partial charge in [0.25, 0.3) is 5.91 Å². The topological polar surface area (TPSA) is 51.4 Å². The maximum Gasteiger partial charge on any atom is 0.290 e. The van der Waals surface area contributed by atoms with Crippen molar-refractivity contribution < 1.29 is 31.2 Å². The van der Waals surface area contributed by atoms with Crippen LogP contribution in [0, 0.1) is 0 Å². The summed E-state index contributed by atoms with van der Waals surface area (Å²) >= 11 is 0. The predicted octanol–water partition coefficient (Wildman–Crippen LogP) is 0.0125. The number of carbonyl (C=O) groups is 1. The van der Waals surface area contributed by atoms with Gasteiger partial charge >= 0.3 is 0 Å². The van der Waals surface area contributed by atoms with Crippen molar-refractivity contribution in [3.8, 4) is 22.6 Å². The van der Waals surface area contributed by atoms with Crippen molar-refractivity contribution in [1.82, 2.24) is 0 Å². The number of hydrogen-bond acceptors (Lipinski definition) is 3. The molecule has 3 aromatic rings. The Hall–Kier alpha value is -3.05. The van der Waals surface area contributed by atoms with E-state index in [4.69, 9.17) is 9.47 Å². The number of nitrogens with zero attached hydrogens (tertiary/aromatic N) is 1. The first-order valence-electron chi connectivity index (χ1n) is 8.02. The number of carbonyl (C=O) groups excluding carboxylic acids is 1. The quantitative estimate of drug-likeness (QED) is 0.660. The van der Waals surface area contributed by atoms with E-state index in [1.54, 1.807) is 18.2 Å². The van der Waals surface area contributed by atoms with Crippen LogP contribution in [0.2, 0.25) is 0 Å². The average Bonchev–Trinajstić information content (AvgIpc) is 3.10. The van der Waals surface area contributed by atoms with Crippen LogP contribution >= 0.6 is 0 Å².